The zero-order valence-electron chi connectivity index (χ0n) is 11.3. The number of rotatable bonds is 2. The summed E-state index contributed by atoms with van der Waals surface area (Å²) in [7, 11) is 1.69. The largest absolute Gasteiger partial charge is 0.479 e. The molecule has 10 heteroatoms. The van der Waals surface area contributed by atoms with Crippen LogP contribution >= 0.6 is 0 Å². The zero-order valence-corrected chi connectivity index (χ0v) is 11.3. The number of hydrogen-bond donors (Lipinski definition) is 6. The van der Waals surface area contributed by atoms with Gasteiger partial charge in [-0.3, -0.25) is 15.5 Å². The second-order valence-electron chi connectivity index (χ2n) is 3.78. The molecule has 1 rings (SSSR count). The van der Waals surface area contributed by atoms with Crippen LogP contribution in [0.1, 0.15) is 13.8 Å². The molecule has 1 amide bonds. The second-order valence-corrected chi connectivity index (χ2v) is 3.78. The van der Waals surface area contributed by atoms with E-state index in [-0.39, 0.29) is 11.9 Å². The first-order chi connectivity index (χ1) is 8.98. The number of amides is 1. The molecule has 2 unspecified atom stereocenters. The van der Waals surface area contributed by atoms with Gasteiger partial charge in [0, 0.05) is 7.05 Å². The van der Waals surface area contributed by atoms with Gasteiger partial charge in [-0.15, -0.1) is 0 Å². The lowest BCUT2D eigenvalue weighted by atomic mass is 10.4. The first kappa shape index (κ1) is 20.1. The van der Waals surface area contributed by atoms with Gasteiger partial charge in [0.05, 0.1) is 6.54 Å². The number of aliphatic hydroxyl groups excluding tert-OH is 2. The average molecular weight is 293 g/mol. The molecule has 1 fully saturated rings. The lowest BCUT2D eigenvalue weighted by Crippen LogP contribution is -2.25. The van der Waals surface area contributed by atoms with Crippen LogP contribution in [0.3, 0.4) is 0 Å². The fourth-order valence-electron chi connectivity index (χ4n) is 0.561. The Morgan fingerprint density at radius 3 is 1.55 bits per heavy atom. The van der Waals surface area contributed by atoms with Crippen LogP contribution in [0.25, 0.3) is 0 Å². The number of nitrogens with one attached hydrogen (secondary N) is 2. The molecule has 1 heterocycles. The molecule has 0 aromatic rings. The molecule has 1 aliphatic rings. The predicted molar refractivity (Wildman–Crippen MR) is 67.1 cm³/mol. The van der Waals surface area contributed by atoms with Gasteiger partial charge in [0.1, 0.15) is 12.2 Å². The number of aliphatic carboxylic acids is 2. The topological polar surface area (TPSA) is 171 Å². The normalized spacial score (nSPS) is 15.9. The van der Waals surface area contributed by atoms with Crippen LogP contribution in [0.15, 0.2) is 0 Å². The van der Waals surface area contributed by atoms with Gasteiger partial charge in [0.25, 0.3) is 0 Å². The van der Waals surface area contributed by atoms with Crippen LogP contribution in [0.4, 0.5) is 0 Å². The summed E-state index contributed by atoms with van der Waals surface area (Å²) in [5.41, 5.74) is 0. The van der Waals surface area contributed by atoms with Gasteiger partial charge < -0.3 is 25.3 Å². The minimum Gasteiger partial charge on any atom is -0.479 e. The molecule has 2 atom stereocenters. The van der Waals surface area contributed by atoms with Crippen molar-refractivity contribution in [3.8, 4) is 0 Å². The minimum atomic E-state index is -1.23. The maximum Gasteiger partial charge on any atom is 0.332 e. The fourth-order valence-corrected chi connectivity index (χ4v) is 0.561. The quantitative estimate of drug-likeness (QED) is 0.335. The number of nitrogens with zero attached hydrogens (tertiary/aromatic N) is 1. The summed E-state index contributed by atoms with van der Waals surface area (Å²) in [6.07, 6.45) is -2.46. The maximum atomic E-state index is 10.4. The highest BCUT2D eigenvalue weighted by molar-refractivity contribution is 6.02. The van der Waals surface area contributed by atoms with Crippen molar-refractivity contribution in [2.45, 2.75) is 26.1 Å². The van der Waals surface area contributed by atoms with Crippen LogP contribution in [-0.2, 0) is 14.4 Å². The minimum absolute atomic E-state index is 0.0995. The highest BCUT2D eigenvalue weighted by atomic mass is 16.4. The number of carboxylic acid groups (broad SMARTS) is 2. The number of carboxylic acids is 2. The third-order valence-corrected chi connectivity index (χ3v) is 1.74. The number of carbonyl (C=O) groups excluding carboxylic acids is 1. The van der Waals surface area contributed by atoms with E-state index < -0.39 is 24.1 Å². The highest BCUT2D eigenvalue weighted by Crippen LogP contribution is 1.89. The molecule has 0 aliphatic carbocycles. The summed E-state index contributed by atoms with van der Waals surface area (Å²) in [5.74, 6) is -2.28. The van der Waals surface area contributed by atoms with Crippen molar-refractivity contribution < 1.29 is 34.8 Å². The molecule has 1 aliphatic heterocycles. The molecule has 0 bridgehead atoms. The van der Waals surface area contributed by atoms with E-state index in [1.807, 2.05) is 0 Å². The van der Waals surface area contributed by atoms with Gasteiger partial charge in [-0.25, -0.2) is 9.59 Å². The van der Waals surface area contributed by atoms with Crippen molar-refractivity contribution in [3.05, 3.63) is 0 Å². The number of guanidine groups is 1. The molecule has 1 saturated heterocycles. The van der Waals surface area contributed by atoms with E-state index in [1.54, 1.807) is 11.9 Å². The van der Waals surface area contributed by atoms with Gasteiger partial charge >= 0.3 is 11.9 Å². The third kappa shape index (κ3) is 10.9. The Morgan fingerprint density at radius 1 is 1.20 bits per heavy atom. The van der Waals surface area contributed by atoms with E-state index >= 15 is 0 Å². The van der Waals surface area contributed by atoms with Crippen LogP contribution in [0, 0.1) is 5.41 Å². The average Bonchev–Trinajstić information content (AvgIpc) is 2.57. The molecule has 116 valence electrons. The molecule has 20 heavy (non-hydrogen) atoms. The second kappa shape index (κ2) is 9.69. The number of aliphatic hydroxyl groups is 2. The lowest BCUT2D eigenvalue weighted by Gasteiger charge is -2.03. The summed E-state index contributed by atoms with van der Waals surface area (Å²) in [6, 6.07) is 0. The van der Waals surface area contributed by atoms with Crippen molar-refractivity contribution in [1.82, 2.24) is 10.2 Å². The molecule has 6 N–H and O–H groups in total. The molecule has 0 radical (unpaired) electrons. The van der Waals surface area contributed by atoms with Crippen LogP contribution in [-0.4, -0.2) is 74.9 Å². The maximum absolute atomic E-state index is 10.4. The molecule has 0 aromatic carbocycles. The molecule has 0 saturated carbocycles. The Balaban J connectivity index is 0. The van der Waals surface area contributed by atoms with Crippen molar-refractivity contribution in [2.24, 2.45) is 0 Å². The van der Waals surface area contributed by atoms with Crippen LogP contribution in [0.2, 0.25) is 0 Å². The van der Waals surface area contributed by atoms with E-state index in [4.69, 9.17) is 25.8 Å². The summed E-state index contributed by atoms with van der Waals surface area (Å²) < 4.78 is 0. The Bertz CT molecular complexity index is 350. The van der Waals surface area contributed by atoms with Gasteiger partial charge in [-0.2, -0.15) is 0 Å². The van der Waals surface area contributed by atoms with Gasteiger partial charge in [0.15, 0.2) is 5.96 Å². The first-order valence-electron chi connectivity index (χ1n) is 5.40. The molecule has 10 nitrogen and oxygen atoms in total. The van der Waals surface area contributed by atoms with Crippen molar-refractivity contribution >= 4 is 23.8 Å². The summed E-state index contributed by atoms with van der Waals surface area (Å²) in [5, 5.41) is 40.9. The van der Waals surface area contributed by atoms with E-state index in [0.29, 0.717) is 6.54 Å². The first-order valence-corrected chi connectivity index (χ1v) is 5.40. The Morgan fingerprint density at radius 2 is 1.50 bits per heavy atom. The SMILES string of the molecule is CC(O)C(=O)O.CC(O)C(=O)O.CN1CC(=O)NC1=N. The van der Waals surface area contributed by atoms with E-state index in [2.05, 4.69) is 5.32 Å². The molecule has 0 spiro atoms. The van der Waals surface area contributed by atoms with Crippen LogP contribution in [0.5, 0.6) is 0 Å². The monoisotopic (exact) mass is 293 g/mol. The van der Waals surface area contributed by atoms with Crippen molar-refractivity contribution in [2.75, 3.05) is 13.6 Å². The van der Waals surface area contributed by atoms with E-state index in [9.17, 15) is 14.4 Å². The van der Waals surface area contributed by atoms with Crippen LogP contribution < -0.4 is 5.32 Å². The Kier molecular flexibility index (Phi) is 9.75. The van der Waals surface area contributed by atoms with Gasteiger partial charge in [-0.05, 0) is 13.8 Å². The highest BCUT2D eigenvalue weighted by Gasteiger charge is 2.18. The van der Waals surface area contributed by atoms with Gasteiger partial charge in [0.2, 0.25) is 5.91 Å². The van der Waals surface area contributed by atoms with E-state index in [0.717, 1.165) is 0 Å². The summed E-state index contributed by atoms with van der Waals surface area (Å²) >= 11 is 0. The Labute approximate surface area is 115 Å². The standard InChI is InChI=1S/C4H7N3O.2C3H6O3/c1-7-2-3(8)6-4(7)5;2*1-2(4)3(5)6/h2H2,1H3,(H2,5,6,8);2*2,4H,1H3,(H,5,6). The van der Waals surface area contributed by atoms with E-state index in [1.165, 1.54) is 13.8 Å². The number of carbonyl (C=O) groups is 3. The predicted octanol–water partition coefficient (Wildman–Crippen LogP) is -2.11. The summed E-state index contributed by atoms with van der Waals surface area (Å²) in [4.78, 5) is 30.8. The lowest BCUT2D eigenvalue weighted by molar-refractivity contribution is -0.146. The van der Waals surface area contributed by atoms with Crippen molar-refractivity contribution in [3.63, 3.8) is 0 Å². The molecular formula is C10H19N3O7. The smallest absolute Gasteiger partial charge is 0.332 e. The zero-order chi connectivity index (χ0) is 16.5. The molecular weight excluding hydrogens is 274 g/mol. The molecule has 0 aromatic heterocycles. The van der Waals surface area contributed by atoms with Crippen molar-refractivity contribution in [1.29, 1.82) is 5.41 Å². The Hall–Kier alpha value is -2.20. The van der Waals surface area contributed by atoms with Gasteiger partial charge in [-0.1, -0.05) is 0 Å². The number of hydrogen-bond acceptors (Lipinski definition) is 6. The fraction of sp³-hybridized carbons (Fsp3) is 0.600. The third-order valence-electron chi connectivity index (χ3n) is 1.74. The summed E-state index contributed by atoms with van der Waals surface area (Å²) in [6.45, 7) is 2.71. The number of likely N-dealkylation sites (N-methyl/N-ethyl adjacent to an activating group) is 1.